The number of nitrogens with one attached hydrogen (secondary N) is 1. The molecule has 3 amide bonds. The average molecular weight is 680 g/mol. The number of benzene rings is 1. The number of rotatable bonds is 7. The molecule has 0 radical (unpaired) electrons. The first kappa shape index (κ1) is 25.0. The van der Waals surface area contributed by atoms with Crippen molar-refractivity contribution < 1.29 is 37.8 Å². The van der Waals surface area contributed by atoms with Gasteiger partial charge in [0.25, 0.3) is 5.91 Å². The highest BCUT2D eigenvalue weighted by Crippen LogP contribution is 2.31. The van der Waals surface area contributed by atoms with E-state index in [-0.39, 0.29) is 23.8 Å². The quantitative estimate of drug-likeness (QED) is 0.205. The third-order valence-corrected chi connectivity index (χ3v) is 6.09. The minimum absolute atomic E-state index is 0.0247. The second kappa shape index (κ2) is 10.5. The molecule has 2 aromatic rings. The smallest absolute Gasteiger partial charge is 0.373 e. The molecular formula is C21H18I2N2O8. The van der Waals surface area contributed by atoms with E-state index in [2.05, 4.69) is 60.0 Å². The molecule has 1 aromatic carbocycles. The molecule has 0 spiro atoms. The van der Waals surface area contributed by atoms with Gasteiger partial charge in [0.2, 0.25) is 5.76 Å². The molecule has 1 atom stereocenters. The third-order valence-electron chi connectivity index (χ3n) is 4.48. The van der Waals surface area contributed by atoms with Crippen molar-refractivity contribution >= 4 is 75.1 Å². The largest absolute Gasteiger partial charge is 0.477 e. The number of halogens is 2. The number of furan rings is 1. The van der Waals surface area contributed by atoms with E-state index in [1.54, 1.807) is 25.1 Å². The van der Waals surface area contributed by atoms with Crippen molar-refractivity contribution in [2.75, 3.05) is 14.2 Å². The Bertz CT molecular complexity index is 1130. The Morgan fingerprint density at radius 2 is 1.82 bits per heavy atom. The molecule has 0 unspecified atom stereocenters. The molecule has 1 fully saturated rings. The lowest BCUT2D eigenvalue weighted by molar-refractivity contribution is -0.148. The van der Waals surface area contributed by atoms with Gasteiger partial charge in [-0.1, -0.05) is 0 Å². The van der Waals surface area contributed by atoms with Crippen molar-refractivity contribution in [2.24, 2.45) is 0 Å². The second-order valence-corrected chi connectivity index (χ2v) is 9.06. The summed E-state index contributed by atoms with van der Waals surface area (Å²) in [5.41, 5.74) is 0.737. The normalized spacial score (nSPS) is 15.4. The zero-order chi connectivity index (χ0) is 24.3. The maximum atomic E-state index is 12.8. The van der Waals surface area contributed by atoms with Crippen LogP contribution in [0.2, 0.25) is 0 Å². The van der Waals surface area contributed by atoms with Gasteiger partial charge < -0.3 is 23.9 Å². The first-order valence-corrected chi connectivity index (χ1v) is 11.6. The molecule has 2 heterocycles. The van der Waals surface area contributed by atoms with Crippen molar-refractivity contribution in [3.8, 4) is 5.75 Å². The van der Waals surface area contributed by atoms with Crippen LogP contribution in [0, 0.1) is 7.14 Å². The maximum Gasteiger partial charge on any atom is 0.373 e. The molecule has 1 saturated heterocycles. The monoisotopic (exact) mass is 680 g/mol. The van der Waals surface area contributed by atoms with E-state index in [0.29, 0.717) is 18.5 Å². The molecule has 1 aliphatic heterocycles. The molecule has 0 aliphatic carbocycles. The van der Waals surface area contributed by atoms with Crippen LogP contribution in [-0.4, -0.2) is 49.1 Å². The standard InChI is InChI=1S/C21H18I2N2O8/c1-10(19(27)30-2)32-17-13(22)6-11(7-14(17)23)8-15-18(26)25(21(29)24-15)9-12-4-5-16(33-12)20(28)31-3/h4-8,10H,9H2,1-3H3,(H,24,29)/b15-8-/t10-/m1/s1. The first-order chi connectivity index (χ1) is 15.6. The SMILES string of the molecule is COC(=O)c1ccc(CN2C(=O)N/C(=C\c3cc(I)c(O[C@H](C)C(=O)OC)c(I)c3)C2=O)o1. The van der Waals surface area contributed by atoms with Gasteiger partial charge in [-0.05, 0) is 88.0 Å². The first-order valence-electron chi connectivity index (χ1n) is 9.39. The van der Waals surface area contributed by atoms with Crippen LogP contribution in [0.4, 0.5) is 4.79 Å². The number of urea groups is 1. The van der Waals surface area contributed by atoms with E-state index in [1.165, 1.54) is 26.4 Å². The zero-order valence-corrected chi connectivity index (χ0v) is 22.0. The summed E-state index contributed by atoms with van der Waals surface area (Å²) < 4.78 is 21.7. The van der Waals surface area contributed by atoms with Gasteiger partial charge in [0, 0.05) is 0 Å². The van der Waals surface area contributed by atoms with E-state index >= 15 is 0 Å². The van der Waals surface area contributed by atoms with Crippen molar-refractivity contribution in [1.82, 2.24) is 10.2 Å². The lowest BCUT2D eigenvalue weighted by Gasteiger charge is -2.16. The highest BCUT2D eigenvalue weighted by molar-refractivity contribution is 14.1. The number of carbonyl (C=O) groups excluding carboxylic acids is 4. The molecule has 174 valence electrons. The second-order valence-electron chi connectivity index (χ2n) is 6.73. The van der Waals surface area contributed by atoms with E-state index in [1.807, 2.05) is 0 Å². The highest BCUT2D eigenvalue weighted by Gasteiger charge is 2.34. The third kappa shape index (κ3) is 5.66. The summed E-state index contributed by atoms with van der Waals surface area (Å²) in [6.45, 7) is 1.44. The number of hydrogen-bond donors (Lipinski definition) is 1. The fraction of sp³-hybridized carbons (Fsp3) is 0.238. The van der Waals surface area contributed by atoms with Crippen LogP contribution in [0.15, 0.2) is 34.4 Å². The van der Waals surface area contributed by atoms with Crippen molar-refractivity contribution in [3.63, 3.8) is 0 Å². The Balaban J connectivity index is 1.78. The van der Waals surface area contributed by atoms with Gasteiger partial charge in [0.05, 0.1) is 27.9 Å². The molecule has 1 aromatic heterocycles. The Kier molecular flexibility index (Phi) is 7.99. The Morgan fingerprint density at radius 1 is 1.15 bits per heavy atom. The zero-order valence-electron chi connectivity index (χ0n) is 17.6. The maximum absolute atomic E-state index is 12.8. The minimum Gasteiger partial charge on any atom is -0.477 e. The van der Waals surface area contributed by atoms with Crippen LogP contribution < -0.4 is 10.1 Å². The van der Waals surface area contributed by atoms with Crippen LogP contribution in [0.3, 0.4) is 0 Å². The lowest BCUT2D eigenvalue weighted by Crippen LogP contribution is -2.30. The van der Waals surface area contributed by atoms with E-state index in [9.17, 15) is 19.2 Å². The topological polar surface area (TPSA) is 124 Å². The van der Waals surface area contributed by atoms with Crippen LogP contribution in [0.25, 0.3) is 6.08 Å². The van der Waals surface area contributed by atoms with Gasteiger partial charge in [0.1, 0.15) is 17.2 Å². The van der Waals surface area contributed by atoms with Gasteiger partial charge in [-0.2, -0.15) is 0 Å². The minimum atomic E-state index is -0.785. The fourth-order valence-corrected chi connectivity index (χ4v) is 4.95. The van der Waals surface area contributed by atoms with E-state index < -0.39 is 30.0 Å². The Hall–Kier alpha value is -2.62. The van der Waals surface area contributed by atoms with Gasteiger partial charge in [-0.3, -0.25) is 9.69 Å². The summed E-state index contributed by atoms with van der Waals surface area (Å²) in [5.74, 6) is -0.951. The van der Waals surface area contributed by atoms with Crippen LogP contribution in [0.1, 0.15) is 28.8 Å². The molecule has 33 heavy (non-hydrogen) atoms. The number of amides is 3. The summed E-state index contributed by atoms with van der Waals surface area (Å²) in [4.78, 5) is 49.2. The van der Waals surface area contributed by atoms with Gasteiger partial charge in [0.15, 0.2) is 6.10 Å². The Labute approximate surface area is 215 Å². The predicted molar refractivity (Wildman–Crippen MR) is 131 cm³/mol. The molecule has 12 heteroatoms. The van der Waals surface area contributed by atoms with Crippen molar-refractivity contribution in [2.45, 2.75) is 19.6 Å². The summed E-state index contributed by atoms with van der Waals surface area (Å²) in [6.07, 6.45) is 0.756. The van der Waals surface area contributed by atoms with Gasteiger partial charge in [-0.15, -0.1) is 0 Å². The van der Waals surface area contributed by atoms with Gasteiger partial charge in [-0.25, -0.2) is 14.4 Å². The number of hydrogen-bond acceptors (Lipinski definition) is 8. The molecule has 0 bridgehead atoms. The number of imide groups is 1. The molecule has 10 nitrogen and oxygen atoms in total. The number of methoxy groups -OCH3 is 2. The number of ether oxygens (including phenoxy) is 3. The molecule has 3 rings (SSSR count). The van der Waals surface area contributed by atoms with Crippen molar-refractivity contribution in [3.05, 3.63) is 54.2 Å². The molecule has 1 N–H and O–H groups in total. The number of nitrogens with zero attached hydrogens (tertiary/aromatic N) is 1. The van der Waals surface area contributed by atoms with Crippen LogP contribution >= 0.6 is 45.2 Å². The predicted octanol–water partition coefficient (Wildman–Crippen LogP) is 3.31. The average Bonchev–Trinajstić information content (AvgIpc) is 3.35. The lowest BCUT2D eigenvalue weighted by atomic mass is 10.2. The molecule has 0 saturated carbocycles. The summed E-state index contributed by atoms with van der Waals surface area (Å²) >= 11 is 4.12. The number of carbonyl (C=O) groups is 4. The van der Waals surface area contributed by atoms with Crippen LogP contribution in [0.5, 0.6) is 5.75 Å². The van der Waals surface area contributed by atoms with Crippen LogP contribution in [-0.2, 0) is 25.6 Å². The molecular weight excluding hydrogens is 662 g/mol. The van der Waals surface area contributed by atoms with E-state index in [0.717, 1.165) is 4.90 Å². The van der Waals surface area contributed by atoms with E-state index in [4.69, 9.17) is 9.15 Å². The van der Waals surface area contributed by atoms with Gasteiger partial charge >= 0.3 is 18.0 Å². The number of esters is 2. The van der Waals surface area contributed by atoms with Crippen molar-refractivity contribution in [1.29, 1.82) is 0 Å². The Morgan fingerprint density at radius 3 is 2.42 bits per heavy atom. The summed E-state index contributed by atoms with van der Waals surface area (Å²) in [7, 11) is 2.51. The highest BCUT2D eigenvalue weighted by atomic mass is 127. The fourth-order valence-electron chi connectivity index (χ4n) is 2.88. The summed E-state index contributed by atoms with van der Waals surface area (Å²) in [6, 6.07) is 5.80. The molecule has 1 aliphatic rings. The summed E-state index contributed by atoms with van der Waals surface area (Å²) in [5, 5.41) is 2.54.